The topological polar surface area (TPSA) is 68.3 Å². The number of amides is 1. The van der Waals surface area contributed by atoms with Gasteiger partial charge in [-0.15, -0.1) is 0 Å². The number of aromatic nitrogens is 1. The van der Waals surface area contributed by atoms with E-state index in [0.29, 0.717) is 0 Å². The molecule has 0 bridgehead atoms. The third-order valence-corrected chi connectivity index (χ3v) is 2.95. The van der Waals surface area contributed by atoms with Crippen molar-refractivity contribution in [3.8, 4) is 0 Å². The number of halogens is 2. The zero-order valence-electron chi connectivity index (χ0n) is 9.97. The second-order valence-electron chi connectivity index (χ2n) is 3.66. The minimum Gasteiger partial charge on any atom is -0.335 e. The standard InChI is InChI=1S/C13H8Cl2N2O3/c14-9-4-1-5-10(15)11(9)12(18)17-20-13(19)8-3-2-6-16-7-8/h1-7H,(H,17,18). The smallest absolute Gasteiger partial charge is 0.335 e. The van der Waals surface area contributed by atoms with Gasteiger partial charge in [0.2, 0.25) is 0 Å². The molecule has 2 rings (SSSR count). The molecule has 102 valence electrons. The zero-order chi connectivity index (χ0) is 14.5. The van der Waals surface area contributed by atoms with Crippen molar-refractivity contribution in [3.05, 3.63) is 63.9 Å². The molecule has 1 aromatic heterocycles. The molecule has 0 fully saturated rings. The third kappa shape index (κ3) is 3.26. The van der Waals surface area contributed by atoms with Crippen LogP contribution in [0.15, 0.2) is 42.7 Å². The molecule has 0 saturated heterocycles. The highest BCUT2D eigenvalue weighted by Crippen LogP contribution is 2.23. The van der Waals surface area contributed by atoms with Crippen LogP contribution in [0.2, 0.25) is 10.0 Å². The molecular weight excluding hydrogens is 303 g/mol. The second kappa shape index (κ2) is 6.36. The van der Waals surface area contributed by atoms with Gasteiger partial charge in [0, 0.05) is 12.4 Å². The van der Waals surface area contributed by atoms with Crippen molar-refractivity contribution in [3.63, 3.8) is 0 Å². The van der Waals surface area contributed by atoms with Crippen molar-refractivity contribution in [1.29, 1.82) is 0 Å². The number of carbonyl (C=O) groups excluding carboxylic acids is 2. The van der Waals surface area contributed by atoms with E-state index in [4.69, 9.17) is 23.2 Å². The summed E-state index contributed by atoms with van der Waals surface area (Å²) >= 11 is 11.7. The van der Waals surface area contributed by atoms with Crippen molar-refractivity contribution < 1.29 is 14.4 Å². The van der Waals surface area contributed by atoms with E-state index < -0.39 is 11.9 Å². The molecule has 0 aliphatic heterocycles. The van der Waals surface area contributed by atoms with Gasteiger partial charge in [0.25, 0.3) is 5.91 Å². The molecule has 0 radical (unpaired) electrons. The average Bonchev–Trinajstić information content (AvgIpc) is 2.45. The Morgan fingerprint density at radius 3 is 2.40 bits per heavy atom. The number of hydroxylamine groups is 1. The van der Waals surface area contributed by atoms with Crippen molar-refractivity contribution in [1.82, 2.24) is 10.5 Å². The van der Waals surface area contributed by atoms with Crippen LogP contribution in [0.4, 0.5) is 0 Å². The van der Waals surface area contributed by atoms with E-state index in [1.54, 1.807) is 12.1 Å². The molecule has 5 nitrogen and oxygen atoms in total. The molecule has 0 saturated carbocycles. The molecule has 20 heavy (non-hydrogen) atoms. The van der Waals surface area contributed by atoms with Crippen molar-refractivity contribution in [2.24, 2.45) is 0 Å². The van der Waals surface area contributed by atoms with Crippen LogP contribution in [0.25, 0.3) is 0 Å². The van der Waals surface area contributed by atoms with Crippen LogP contribution in [-0.2, 0) is 4.84 Å². The van der Waals surface area contributed by atoms with Crippen LogP contribution in [-0.4, -0.2) is 16.9 Å². The molecule has 7 heteroatoms. The Balaban J connectivity index is 2.05. The number of nitrogens with one attached hydrogen (secondary N) is 1. The molecule has 0 spiro atoms. The first kappa shape index (κ1) is 14.3. The molecule has 2 aromatic rings. The molecule has 0 unspecified atom stereocenters. The zero-order valence-corrected chi connectivity index (χ0v) is 11.5. The van der Waals surface area contributed by atoms with E-state index in [2.05, 4.69) is 9.82 Å². The Morgan fingerprint density at radius 2 is 1.80 bits per heavy atom. The largest absolute Gasteiger partial charge is 0.364 e. The Morgan fingerprint density at radius 1 is 1.10 bits per heavy atom. The van der Waals surface area contributed by atoms with Gasteiger partial charge in [0.1, 0.15) is 0 Å². The first-order valence-corrected chi connectivity index (χ1v) is 6.20. The number of carbonyl (C=O) groups is 2. The summed E-state index contributed by atoms with van der Waals surface area (Å²) in [7, 11) is 0. The lowest BCUT2D eigenvalue weighted by Gasteiger charge is -2.08. The highest BCUT2D eigenvalue weighted by molar-refractivity contribution is 6.39. The maximum atomic E-state index is 11.8. The highest BCUT2D eigenvalue weighted by atomic mass is 35.5. The van der Waals surface area contributed by atoms with Crippen LogP contribution < -0.4 is 5.48 Å². The molecule has 1 N–H and O–H groups in total. The van der Waals surface area contributed by atoms with Crippen LogP contribution >= 0.6 is 23.2 Å². The molecule has 0 aliphatic carbocycles. The van der Waals surface area contributed by atoms with Gasteiger partial charge in [-0.2, -0.15) is 5.48 Å². The average molecular weight is 311 g/mol. The Bertz CT molecular complexity index is 627. The number of benzene rings is 1. The van der Waals surface area contributed by atoms with Gasteiger partial charge in [0.05, 0.1) is 21.2 Å². The monoisotopic (exact) mass is 310 g/mol. The fourth-order valence-electron chi connectivity index (χ4n) is 1.40. The summed E-state index contributed by atoms with van der Waals surface area (Å²) in [4.78, 5) is 31.9. The van der Waals surface area contributed by atoms with Gasteiger partial charge in [-0.05, 0) is 24.3 Å². The minimum atomic E-state index is -0.741. The second-order valence-corrected chi connectivity index (χ2v) is 4.47. The van der Waals surface area contributed by atoms with Gasteiger partial charge in [-0.25, -0.2) is 4.79 Å². The quantitative estimate of drug-likeness (QED) is 0.866. The first-order chi connectivity index (χ1) is 9.59. The van der Waals surface area contributed by atoms with E-state index in [-0.39, 0.29) is 21.2 Å². The van der Waals surface area contributed by atoms with Crippen LogP contribution in [0.5, 0.6) is 0 Å². The minimum absolute atomic E-state index is 0.0369. The number of pyridine rings is 1. The Labute approximate surface area is 124 Å². The lowest BCUT2D eigenvalue weighted by Crippen LogP contribution is -2.27. The van der Waals surface area contributed by atoms with Gasteiger partial charge in [-0.3, -0.25) is 9.78 Å². The predicted octanol–water partition coefficient (Wildman–Crippen LogP) is 2.89. The fourth-order valence-corrected chi connectivity index (χ4v) is 1.97. The molecule has 0 atom stereocenters. The van der Waals surface area contributed by atoms with E-state index >= 15 is 0 Å². The molecule has 1 heterocycles. The molecule has 0 aliphatic rings. The van der Waals surface area contributed by atoms with E-state index in [1.165, 1.54) is 30.6 Å². The Kier molecular flexibility index (Phi) is 4.55. The van der Waals surface area contributed by atoms with Crippen molar-refractivity contribution >= 4 is 35.1 Å². The van der Waals surface area contributed by atoms with E-state index in [0.717, 1.165) is 0 Å². The lowest BCUT2D eigenvalue weighted by atomic mass is 10.2. The highest BCUT2D eigenvalue weighted by Gasteiger charge is 2.16. The van der Waals surface area contributed by atoms with Crippen molar-refractivity contribution in [2.75, 3.05) is 0 Å². The SMILES string of the molecule is O=C(ONC(=O)c1c(Cl)cccc1Cl)c1cccnc1. The van der Waals surface area contributed by atoms with Crippen molar-refractivity contribution in [2.45, 2.75) is 0 Å². The summed E-state index contributed by atoms with van der Waals surface area (Å²) in [5, 5.41) is 0.319. The summed E-state index contributed by atoms with van der Waals surface area (Å²) in [6.45, 7) is 0. The van der Waals surface area contributed by atoms with Gasteiger partial charge in [-0.1, -0.05) is 29.3 Å². The normalized spacial score (nSPS) is 9.90. The lowest BCUT2D eigenvalue weighted by molar-refractivity contribution is 0.0230. The van der Waals surface area contributed by atoms with Crippen LogP contribution in [0, 0.1) is 0 Å². The summed E-state index contributed by atoms with van der Waals surface area (Å²) in [6.07, 6.45) is 2.83. The van der Waals surface area contributed by atoms with Crippen LogP contribution in [0.3, 0.4) is 0 Å². The summed E-state index contributed by atoms with van der Waals surface area (Å²) in [5.41, 5.74) is 2.24. The maximum absolute atomic E-state index is 11.8. The van der Waals surface area contributed by atoms with E-state index in [9.17, 15) is 9.59 Å². The van der Waals surface area contributed by atoms with Gasteiger partial charge in [0.15, 0.2) is 0 Å². The maximum Gasteiger partial charge on any atom is 0.364 e. The van der Waals surface area contributed by atoms with Gasteiger partial charge >= 0.3 is 5.97 Å². The number of hydrogen-bond acceptors (Lipinski definition) is 4. The Hall–Kier alpha value is -2.11. The fraction of sp³-hybridized carbons (Fsp3) is 0. The van der Waals surface area contributed by atoms with Crippen LogP contribution in [0.1, 0.15) is 20.7 Å². The summed E-state index contributed by atoms with van der Waals surface area (Å²) in [5.74, 6) is -1.45. The number of nitrogens with zero attached hydrogens (tertiary/aromatic N) is 1. The third-order valence-electron chi connectivity index (χ3n) is 2.32. The molecule has 1 aromatic carbocycles. The molecule has 1 amide bonds. The number of rotatable bonds is 2. The summed E-state index contributed by atoms with van der Waals surface area (Å²) in [6, 6.07) is 7.69. The number of hydrogen-bond donors (Lipinski definition) is 1. The summed E-state index contributed by atoms with van der Waals surface area (Å²) < 4.78 is 0. The first-order valence-electron chi connectivity index (χ1n) is 5.45. The van der Waals surface area contributed by atoms with Gasteiger partial charge < -0.3 is 4.84 Å². The molecular formula is C13H8Cl2N2O3. The van der Waals surface area contributed by atoms with E-state index in [1.807, 2.05) is 5.48 Å². The predicted molar refractivity (Wildman–Crippen MR) is 73.6 cm³/mol.